The predicted molar refractivity (Wildman–Crippen MR) is 93.8 cm³/mol. The monoisotopic (exact) mass is 326 g/mol. The summed E-state index contributed by atoms with van der Waals surface area (Å²) in [4.78, 5) is 26.2. The number of aryl methyl sites for hydroxylation is 1. The van der Waals surface area contributed by atoms with Gasteiger partial charge in [-0.15, -0.1) is 0 Å². The molecule has 5 heteroatoms. The Hall–Kier alpha value is -2.27. The van der Waals surface area contributed by atoms with Crippen molar-refractivity contribution in [2.24, 2.45) is 0 Å². The summed E-state index contributed by atoms with van der Waals surface area (Å²) in [7, 11) is 0. The number of fused-ring (bicyclic) bond motifs is 1. The molecule has 0 radical (unpaired) electrons. The van der Waals surface area contributed by atoms with E-state index in [9.17, 15) is 9.59 Å². The summed E-state index contributed by atoms with van der Waals surface area (Å²) in [5.74, 6) is -0.608. The van der Waals surface area contributed by atoms with E-state index in [1.165, 1.54) is 11.8 Å². The molecule has 4 nitrogen and oxygen atoms in total. The number of thioether (sulfide) groups is 1. The summed E-state index contributed by atoms with van der Waals surface area (Å²) in [6, 6.07) is 15.2. The maximum Gasteiger partial charge on any atom is 0.250 e. The molecule has 0 saturated carbocycles. The van der Waals surface area contributed by atoms with Crippen LogP contribution in [0.3, 0.4) is 0 Å². The highest BCUT2D eigenvalue weighted by Gasteiger charge is 2.45. The summed E-state index contributed by atoms with van der Waals surface area (Å²) in [5.41, 5.74) is 2.56. The Balaban J connectivity index is 1.88. The number of nitrogens with one attached hydrogen (secondary N) is 2. The lowest BCUT2D eigenvalue weighted by Crippen LogP contribution is -2.49. The van der Waals surface area contributed by atoms with Gasteiger partial charge in [-0.1, -0.05) is 49.0 Å². The van der Waals surface area contributed by atoms with Crippen LogP contribution in [-0.4, -0.2) is 16.6 Å². The van der Waals surface area contributed by atoms with E-state index in [-0.39, 0.29) is 11.8 Å². The SMILES string of the molecule is CCc1ccccc1NC(=O)C1(C)Sc2ccccc2NC1=O. The van der Waals surface area contributed by atoms with Crippen LogP contribution in [0.25, 0.3) is 0 Å². The normalized spacial score (nSPS) is 19.7. The maximum absolute atomic E-state index is 12.8. The molecule has 1 atom stereocenters. The van der Waals surface area contributed by atoms with Crippen molar-refractivity contribution in [3.63, 3.8) is 0 Å². The Bertz CT molecular complexity index is 775. The molecule has 2 aromatic carbocycles. The first-order chi connectivity index (χ1) is 11.0. The van der Waals surface area contributed by atoms with Crippen LogP contribution >= 0.6 is 11.8 Å². The lowest BCUT2D eigenvalue weighted by molar-refractivity contribution is -0.126. The fourth-order valence-corrected chi connectivity index (χ4v) is 3.61. The van der Waals surface area contributed by atoms with E-state index in [1.54, 1.807) is 6.92 Å². The summed E-state index contributed by atoms with van der Waals surface area (Å²) >= 11 is 1.28. The molecule has 118 valence electrons. The second-order valence-electron chi connectivity index (χ2n) is 5.55. The second kappa shape index (κ2) is 6.08. The Morgan fingerprint density at radius 2 is 1.87 bits per heavy atom. The Morgan fingerprint density at radius 3 is 2.65 bits per heavy atom. The molecule has 1 aliphatic heterocycles. The minimum atomic E-state index is -1.20. The first-order valence-corrected chi connectivity index (χ1v) is 8.35. The smallest absolute Gasteiger partial charge is 0.250 e. The Labute approximate surface area is 139 Å². The highest BCUT2D eigenvalue weighted by atomic mass is 32.2. The minimum absolute atomic E-state index is 0.298. The van der Waals surface area contributed by atoms with Gasteiger partial charge in [-0.3, -0.25) is 9.59 Å². The van der Waals surface area contributed by atoms with Crippen LogP contribution < -0.4 is 10.6 Å². The van der Waals surface area contributed by atoms with Crippen molar-refractivity contribution in [3.8, 4) is 0 Å². The van der Waals surface area contributed by atoms with Gasteiger partial charge in [0.05, 0.1) is 5.69 Å². The van der Waals surface area contributed by atoms with Crippen molar-refractivity contribution in [1.29, 1.82) is 0 Å². The summed E-state index contributed by atoms with van der Waals surface area (Å²) < 4.78 is -1.20. The van der Waals surface area contributed by atoms with E-state index in [0.29, 0.717) is 0 Å². The Morgan fingerprint density at radius 1 is 1.17 bits per heavy atom. The molecule has 2 N–H and O–H groups in total. The molecule has 0 aliphatic carbocycles. The average molecular weight is 326 g/mol. The van der Waals surface area contributed by atoms with Crippen molar-refractivity contribution in [3.05, 3.63) is 54.1 Å². The maximum atomic E-state index is 12.8. The Kier molecular flexibility index (Phi) is 4.13. The van der Waals surface area contributed by atoms with Crippen LogP contribution in [0.15, 0.2) is 53.4 Å². The van der Waals surface area contributed by atoms with Crippen LogP contribution in [0, 0.1) is 0 Å². The molecule has 0 fully saturated rings. The molecule has 0 aromatic heterocycles. The highest BCUT2D eigenvalue weighted by Crippen LogP contribution is 2.42. The second-order valence-corrected chi connectivity index (χ2v) is 7.01. The van der Waals surface area contributed by atoms with Gasteiger partial charge in [0.15, 0.2) is 4.75 Å². The van der Waals surface area contributed by atoms with Crippen molar-refractivity contribution in [1.82, 2.24) is 0 Å². The molecule has 1 heterocycles. The first kappa shape index (κ1) is 15.6. The first-order valence-electron chi connectivity index (χ1n) is 7.53. The minimum Gasteiger partial charge on any atom is -0.324 e. The molecule has 1 aliphatic rings. The number of carbonyl (C=O) groups excluding carboxylic acids is 2. The zero-order valence-electron chi connectivity index (χ0n) is 13.1. The number of hydrogen-bond donors (Lipinski definition) is 2. The van der Waals surface area contributed by atoms with Crippen molar-refractivity contribution >= 4 is 35.0 Å². The van der Waals surface area contributed by atoms with Crippen LogP contribution in [0.1, 0.15) is 19.4 Å². The number of benzene rings is 2. The largest absolute Gasteiger partial charge is 0.324 e. The number of hydrogen-bond acceptors (Lipinski definition) is 3. The standard InChI is InChI=1S/C18H18N2O2S/c1-3-12-8-4-5-9-13(12)19-16(21)18(2)17(22)20-14-10-6-7-11-15(14)23-18/h4-11H,3H2,1-2H3,(H,19,21)(H,20,22). The molecule has 3 rings (SSSR count). The summed E-state index contributed by atoms with van der Waals surface area (Å²) in [5, 5.41) is 5.74. The quantitative estimate of drug-likeness (QED) is 0.846. The van der Waals surface area contributed by atoms with Gasteiger partial charge in [-0.25, -0.2) is 0 Å². The topological polar surface area (TPSA) is 58.2 Å². The summed E-state index contributed by atoms with van der Waals surface area (Å²) in [6.07, 6.45) is 0.815. The zero-order valence-corrected chi connectivity index (χ0v) is 13.9. The van der Waals surface area contributed by atoms with Crippen molar-refractivity contribution in [2.75, 3.05) is 10.6 Å². The lowest BCUT2D eigenvalue weighted by atomic mass is 10.1. The molecule has 2 aromatic rings. The zero-order chi connectivity index (χ0) is 16.4. The van der Waals surface area contributed by atoms with Gasteiger partial charge in [-0.2, -0.15) is 0 Å². The number of para-hydroxylation sites is 2. The highest BCUT2D eigenvalue weighted by molar-refractivity contribution is 8.02. The van der Waals surface area contributed by atoms with E-state index in [1.807, 2.05) is 55.5 Å². The molecular formula is C18H18N2O2S. The van der Waals surface area contributed by atoms with Crippen LogP contribution in [0.2, 0.25) is 0 Å². The van der Waals surface area contributed by atoms with E-state index in [4.69, 9.17) is 0 Å². The molecule has 1 unspecified atom stereocenters. The van der Waals surface area contributed by atoms with Crippen molar-refractivity contribution < 1.29 is 9.59 Å². The van der Waals surface area contributed by atoms with E-state index >= 15 is 0 Å². The molecule has 23 heavy (non-hydrogen) atoms. The van der Waals surface area contributed by atoms with Crippen LogP contribution in [0.4, 0.5) is 11.4 Å². The van der Waals surface area contributed by atoms with Gasteiger partial charge in [0.2, 0.25) is 11.8 Å². The molecular weight excluding hydrogens is 308 g/mol. The number of amides is 2. The fraction of sp³-hybridized carbons (Fsp3) is 0.222. The van der Waals surface area contributed by atoms with Gasteiger partial charge >= 0.3 is 0 Å². The van der Waals surface area contributed by atoms with E-state index in [0.717, 1.165) is 28.3 Å². The molecule has 0 saturated heterocycles. The predicted octanol–water partition coefficient (Wildman–Crippen LogP) is 3.69. The van der Waals surface area contributed by atoms with E-state index in [2.05, 4.69) is 10.6 Å². The van der Waals surface area contributed by atoms with Crippen LogP contribution in [-0.2, 0) is 16.0 Å². The van der Waals surface area contributed by atoms with Crippen molar-refractivity contribution in [2.45, 2.75) is 29.9 Å². The van der Waals surface area contributed by atoms with Gasteiger partial charge in [0, 0.05) is 10.6 Å². The third-order valence-corrected chi connectivity index (χ3v) is 5.32. The third kappa shape index (κ3) is 2.84. The molecule has 0 bridgehead atoms. The van der Waals surface area contributed by atoms with Gasteiger partial charge in [-0.05, 0) is 37.1 Å². The fourth-order valence-electron chi connectivity index (χ4n) is 2.51. The van der Waals surface area contributed by atoms with E-state index < -0.39 is 4.75 Å². The van der Waals surface area contributed by atoms with Crippen LogP contribution in [0.5, 0.6) is 0 Å². The molecule has 0 spiro atoms. The number of rotatable bonds is 3. The van der Waals surface area contributed by atoms with Gasteiger partial charge < -0.3 is 10.6 Å². The average Bonchev–Trinajstić information content (AvgIpc) is 2.56. The molecule has 2 amide bonds. The number of anilines is 2. The number of carbonyl (C=O) groups is 2. The van der Waals surface area contributed by atoms with Gasteiger partial charge in [0.1, 0.15) is 0 Å². The third-order valence-electron chi connectivity index (χ3n) is 3.96. The van der Waals surface area contributed by atoms with Gasteiger partial charge in [0.25, 0.3) is 0 Å². The summed E-state index contributed by atoms with van der Waals surface area (Å²) in [6.45, 7) is 3.69. The lowest BCUT2D eigenvalue weighted by Gasteiger charge is -2.32.